The molecule has 2 fully saturated rings. The molecule has 0 aromatic heterocycles. The first-order chi connectivity index (χ1) is 23.5. The molecule has 0 heterocycles. The van der Waals surface area contributed by atoms with Gasteiger partial charge in [0.05, 0.1) is 0 Å². The van der Waals surface area contributed by atoms with E-state index in [1.165, 1.54) is 0 Å². The lowest BCUT2D eigenvalue weighted by molar-refractivity contribution is -0.226. The van der Waals surface area contributed by atoms with Gasteiger partial charge in [-0.25, -0.2) is 0 Å². The van der Waals surface area contributed by atoms with Gasteiger partial charge in [-0.3, -0.25) is 24.0 Å². The van der Waals surface area contributed by atoms with Crippen molar-refractivity contribution < 1.29 is 52.8 Å². The molecule has 0 aromatic rings. The van der Waals surface area contributed by atoms with Crippen LogP contribution in [0, 0.1) is 34.5 Å². The predicted molar refractivity (Wildman–Crippen MR) is 185 cm³/mol. The summed E-state index contributed by atoms with van der Waals surface area (Å²) < 4.78 is 31.2. The summed E-state index contributed by atoms with van der Waals surface area (Å²) in [6.45, 7) is 18.8. The molecule has 0 aromatic carbocycles. The lowest BCUT2D eigenvalue weighted by Crippen LogP contribution is -2.63. The summed E-state index contributed by atoms with van der Waals surface area (Å²) >= 11 is 0. The van der Waals surface area contributed by atoms with Gasteiger partial charge in [0.1, 0.15) is 30.5 Å². The molecular formula is C39H62O11. The van der Waals surface area contributed by atoms with Crippen LogP contribution in [-0.4, -0.2) is 71.6 Å². The quantitative estimate of drug-likeness (QED) is 0.114. The van der Waals surface area contributed by atoms with Crippen molar-refractivity contribution in [1.82, 2.24) is 0 Å². The Kier molecular flexibility index (Phi) is 14.5. The normalized spacial score (nSPS) is 34.8. The van der Waals surface area contributed by atoms with Crippen molar-refractivity contribution in [2.45, 2.75) is 170 Å². The predicted octanol–water partition coefficient (Wildman–Crippen LogP) is 6.41. The first-order valence-corrected chi connectivity index (χ1v) is 18.9. The highest BCUT2D eigenvalue weighted by Gasteiger charge is 2.74. The minimum absolute atomic E-state index is 0.0464. The number of carbonyl (C=O) groups is 5. The number of carbonyl (C=O) groups excluding carboxylic acids is 5. The lowest BCUT2D eigenvalue weighted by Gasteiger charge is -2.58. The van der Waals surface area contributed by atoms with Gasteiger partial charge in [-0.15, -0.1) is 0 Å². The fraction of sp³-hybridized carbons (Fsp3) is 0.821. The first-order valence-electron chi connectivity index (χ1n) is 18.9. The number of ether oxygens (including phenoxy) is 5. The molecule has 11 heteroatoms. The first kappa shape index (κ1) is 41.5. The second kappa shape index (κ2) is 17.5. The third-order valence-electron chi connectivity index (χ3n) is 11.3. The third kappa shape index (κ3) is 8.39. The van der Waals surface area contributed by atoms with E-state index < -0.39 is 95.1 Å². The van der Waals surface area contributed by atoms with E-state index >= 15 is 0 Å². The molecular weight excluding hydrogens is 644 g/mol. The SMILES string of the molecule is CCCC(=O)O[C@@H]1[C@H](C(C)C)[C@@H]2[C@H]3C=C(C)[C@H](O)[C@H](OC(=O)CC)[C@@H](OC(=O)CCC)[C@]3(C)C[C@H](OC(=O)CCC)[C@]2(C)[C@H]1OC(=O)CCC. The van der Waals surface area contributed by atoms with Crippen LogP contribution in [0.4, 0.5) is 0 Å². The topological polar surface area (TPSA) is 152 Å². The van der Waals surface area contributed by atoms with Gasteiger partial charge in [-0.2, -0.15) is 0 Å². The van der Waals surface area contributed by atoms with E-state index in [0.717, 1.165) is 0 Å². The molecule has 3 aliphatic rings. The second-order valence-corrected chi connectivity index (χ2v) is 15.4. The van der Waals surface area contributed by atoms with Crippen LogP contribution in [-0.2, 0) is 47.7 Å². The Labute approximate surface area is 298 Å². The molecule has 0 bridgehead atoms. The molecule has 1 N–H and O–H groups in total. The van der Waals surface area contributed by atoms with E-state index in [4.69, 9.17) is 23.7 Å². The molecule has 0 aliphatic heterocycles. The number of esters is 5. The smallest absolute Gasteiger partial charge is 0.306 e. The summed E-state index contributed by atoms with van der Waals surface area (Å²) in [5.41, 5.74) is -1.60. The fourth-order valence-electron chi connectivity index (χ4n) is 8.84. The molecule has 0 spiro atoms. The molecule has 284 valence electrons. The van der Waals surface area contributed by atoms with Crippen molar-refractivity contribution in [3.05, 3.63) is 11.6 Å². The standard InChI is InChI=1S/C39H62O11/c1-11-16-27(41)46-25-21-38(9)24(20-23(8)33(45)35(47-26(40)15-5)36(38)49-29(43)18-13-3)32-31(22(6)7)34(48-28(42)17-12-2)37(39(25,32)10)50-30(44)19-14-4/h20,22,24-25,31-37,45H,11-19,21H2,1-10H3/t24-,25+,31-,32+,33+,34-,35+,36-,37+,38-,39+/m1/s1. The van der Waals surface area contributed by atoms with Crippen molar-refractivity contribution in [2.24, 2.45) is 34.5 Å². The van der Waals surface area contributed by atoms with Crippen LogP contribution in [0.3, 0.4) is 0 Å². The van der Waals surface area contributed by atoms with Gasteiger partial charge >= 0.3 is 29.8 Å². The molecule has 0 unspecified atom stereocenters. The number of allylic oxidation sites excluding steroid dienone is 1. The van der Waals surface area contributed by atoms with Gasteiger partial charge in [-0.05, 0) is 62.4 Å². The average molecular weight is 707 g/mol. The number of rotatable bonds is 15. The van der Waals surface area contributed by atoms with E-state index in [-0.39, 0.29) is 44.4 Å². The van der Waals surface area contributed by atoms with Crippen LogP contribution in [0.15, 0.2) is 11.6 Å². The molecule has 11 atom stereocenters. The van der Waals surface area contributed by atoms with Gasteiger partial charge in [-0.1, -0.05) is 68.4 Å². The van der Waals surface area contributed by atoms with Crippen LogP contribution in [0.25, 0.3) is 0 Å². The van der Waals surface area contributed by atoms with E-state index in [1.807, 2.05) is 61.5 Å². The zero-order chi connectivity index (χ0) is 37.6. The van der Waals surface area contributed by atoms with Crippen LogP contribution >= 0.6 is 0 Å². The number of fused-ring (bicyclic) bond motifs is 3. The zero-order valence-corrected chi connectivity index (χ0v) is 32.0. The van der Waals surface area contributed by atoms with E-state index in [9.17, 15) is 29.1 Å². The summed E-state index contributed by atoms with van der Waals surface area (Å²) in [4.78, 5) is 66.3. The lowest BCUT2D eigenvalue weighted by atomic mass is 9.49. The van der Waals surface area contributed by atoms with E-state index in [1.54, 1.807) is 13.8 Å². The van der Waals surface area contributed by atoms with Crippen molar-refractivity contribution in [1.29, 1.82) is 0 Å². The Morgan fingerprint density at radius 3 is 1.66 bits per heavy atom. The number of aliphatic hydroxyl groups excluding tert-OH is 1. The van der Waals surface area contributed by atoms with Crippen molar-refractivity contribution in [2.75, 3.05) is 0 Å². The Hall–Kier alpha value is -2.95. The maximum atomic E-state index is 13.4. The largest absolute Gasteiger partial charge is 0.462 e. The second-order valence-electron chi connectivity index (χ2n) is 15.4. The monoisotopic (exact) mass is 706 g/mol. The summed E-state index contributed by atoms with van der Waals surface area (Å²) in [6.07, 6.45) is -1.42. The van der Waals surface area contributed by atoms with E-state index in [0.29, 0.717) is 31.3 Å². The van der Waals surface area contributed by atoms with Crippen molar-refractivity contribution >= 4 is 29.8 Å². The molecule has 3 rings (SSSR count). The maximum absolute atomic E-state index is 13.4. The van der Waals surface area contributed by atoms with Crippen molar-refractivity contribution in [3.8, 4) is 0 Å². The summed E-state index contributed by atoms with van der Waals surface area (Å²) in [7, 11) is 0. The van der Waals surface area contributed by atoms with Gasteiger partial charge in [0, 0.05) is 48.9 Å². The fourth-order valence-corrected chi connectivity index (χ4v) is 8.84. The zero-order valence-electron chi connectivity index (χ0n) is 32.0. The Morgan fingerprint density at radius 2 is 1.18 bits per heavy atom. The minimum atomic E-state index is -1.30. The van der Waals surface area contributed by atoms with Crippen LogP contribution in [0.5, 0.6) is 0 Å². The number of hydrogen-bond acceptors (Lipinski definition) is 11. The maximum Gasteiger partial charge on any atom is 0.306 e. The van der Waals surface area contributed by atoms with Crippen LogP contribution in [0.1, 0.15) is 133 Å². The van der Waals surface area contributed by atoms with Crippen molar-refractivity contribution in [3.63, 3.8) is 0 Å². The highest BCUT2D eigenvalue weighted by molar-refractivity contribution is 5.72. The number of aliphatic hydroxyl groups is 1. The molecule has 0 saturated heterocycles. The highest BCUT2D eigenvalue weighted by Crippen LogP contribution is 2.67. The molecule has 0 amide bonds. The Bertz CT molecular complexity index is 1260. The number of hydrogen-bond donors (Lipinski definition) is 1. The molecule has 2 saturated carbocycles. The van der Waals surface area contributed by atoms with E-state index in [2.05, 4.69) is 0 Å². The Balaban J connectivity index is 2.41. The summed E-state index contributed by atoms with van der Waals surface area (Å²) in [6, 6.07) is 0. The highest BCUT2D eigenvalue weighted by atomic mass is 16.6. The molecule has 11 nitrogen and oxygen atoms in total. The van der Waals surface area contributed by atoms with Gasteiger partial charge in [0.2, 0.25) is 0 Å². The third-order valence-corrected chi connectivity index (χ3v) is 11.3. The summed E-state index contributed by atoms with van der Waals surface area (Å²) in [5.74, 6) is -3.80. The average Bonchev–Trinajstić information content (AvgIpc) is 3.24. The van der Waals surface area contributed by atoms with Gasteiger partial charge < -0.3 is 28.8 Å². The molecule has 3 aliphatic carbocycles. The van der Waals surface area contributed by atoms with Crippen LogP contribution in [0.2, 0.25) is 0 Å². The van der Waals surface area contributed by atoms with Gasteiger partial charge in [0.15, 0.2) is 6.10 Å². The Morgan fingerprint density at radius 1 is 0.720 bits per heavy atom. The molecule has 0 radical (unpaired) electrons. The minimum Gasteiger partial charge on any atom is -0.462 e. The summed E-state index contributed by atoms with van der Waals surface area (Å²) in [5, 5.41) is 11.8. The molecule has 50 heavy (non-hydrogen) atoms. The van der Waals surface area contributed by atoms with Gasteiger partial charge in [0.25, 0.3) is 0 Å². The van der Waals surface area contributed by atoms with Crippen LogP contribution < -0.4 is 0 Å².